The summed E-state index contributed by atoms with van der Waals surface area (Å²) >= 11 is 0. The van der Waals surface area contributed by atoms with E-state index in [1.165, 1.54) is 0 Å². The molecule has 0 saturated heterocycles. The molecule has 0 N–H and O–H groups in total. The van der Waals surface area contributed by atoms with E-state index in [1.807, 2.05) is 55.4 Å². The van der Waals surface area contributed by atoms with E-state index in [2.05, 4.69) is 4.98 Å². The quantitative estimate of drug-likeness (QED) is 0.770. The molecule has 3 heteroatoms. The van der Waals surface area contributed by atoms with Gasteiger partial charge in [0.25, 0.3) is 0 Å². The van der Waals surface area contributed by atoms with Crippen molar-refractivity contribution in [3.05, 3.63) is 59.9 Å². The molecule has 0 bridgehead atoms. The smallest absolute Gasteiger partial charge is 0.167 e. The fourth-order valence-corrected chi connectivity index (χ4v) is 1.75. The number of Topliss-reactive ketones (excluding diaryl/α,β-unsaturated/α-hetero) is 1. The Kier molecular flexibility index (Phi) is 3.72. The van der Waals surface area contributed by atoms with E-state index in [9.17, 15) is 4.79 Å². The summed E-state index contributed by atoms with van der Waals surface area (Å²) in [6.45, 7) is 0. The van der Waals surface area contributed by atoms with Gasteiger partial charge in [0.1, 0.15) is 0 Å². The van der Waals surface area contributed by atoms with E-state index < -0.39 is 0 Å². The molecule has 0 saturated carbocycles. The number of hydrogen-bond acceptors (Lipinski definition) is 3. The van der Waals surface area contributed by atoms with Crippen molar-refractivity contribution < 1.29 is 4.79 Å². The Morgan fingerprint density at radius 2 is 2.06 bits per heavy atom. The van der Waals surface area contributed by atoms with Crippen LogP contribution in [0.5, 0.6) is 0 Å². The van der Waals surface area contributed by atoms with Crippen molar-refractivity contribution in [2.24, 2.45) is 0 Å². The minimum absolute atomic E-state index is 0.117. The van der Waals surface area contributed by atoms with Gasteiger partial charge >= 0.3 is 0 Å². The highest BCUT2D eigenvalue weighted by Gasteiger charge is 2.08. The number of aromatic nitrogens is 1. The number of pyridine rings is 1. The normalized spacial score (nSPS) is 10.1. The summed E-state index contributed by atoms with van der Waals surface area (Å²) in [7, 11) is 3.93. The first-order valence-electron chi connectivity index (χ1n) is 5.86. The average molecular weight is 240 g/mol. The van der Waals surface area contributed by atoms with Crippen LogP contribution in [-0.4, -0.2) is 24.9 Å². The summed E-state index contributed by atoms with van der Waals surface area (Å²) in [5.41, 5.74) is 2.72. The Morgan fingerprint density at radius 3 is 2.72 bits per heavy atom. The van der Waals surface area contributed by atoms with Gasteiger partial charge in [-0.2, -0.15) is 0 Å². The van der Waals surface area contributed by atoms with Crippen LogP contribution in [0.15, 0.2) is 48.8 Å². The molecule has 18 heavy (non-hydrogen) atoms. The average Bonchev–Trinajstić information content (AvgIpc) is 2.40. The second-order valence-electron chi connectivity index (χ2n) is 4.41. The summed E-state index contributed by atoms with van der Waals surface area (Å²) in [5, 5.41) is 0. The highest BCUT2D eigenvalue weighted by Crippen LogP contribution is 2.15. The molecule has 0 aliphatic heterocycles. The fraction of sp³-hybridized carbons (Fsp3) is 0.200. The van der Waals surface area contributed by atoms with Crippen molar-refractivity contribution in [1.82, 2.24) is 4.98 Å². The van der Waals surface area contributed by atoms with Crippen LogP contribution < -0.4 is 4.90 Å². The maximum absolute atomic E-state index is 12.1. The van der Waals surface area contributed by atoms with Gasteiger partial charge in [0.15, 0.2) is 5.78 Å². The topological polar surface area (TPSA) is 33.2 Å². The van der Waals surface area contributed by atoms with Gasteiger partial charge in [-0.3, -0.25) is 9.78 Å². The predicted octanol–water partition coefficient (Wildman–Crippen LogP) is 2.57. The summed E-state index contributed by atoms with van der Waals surface area (Å²) in [4.78, 5) is 18.1. The van der Waals surface area contributed by atoms with Crippen LogP contribution in [0.25, 0.3) is 0 Å². The number of ketones is 1. The third-order valence-electron chi connectivity index (χ3n) is 2.77. The van der Waals surface area contributed by atoms with E-state index >= 15 is 0 Å². The molecular formula is C15H16N2O. The fourth-order valence-electron chi connectivity index (χ4n) is 1.75. The third-order valence-corrected chi connectivity index (χ3v) is 2.77. The van der Waals surface area contributed by atoms with Crippen molar-refractivity contribution in [3.63, 3.8) is 0 Å². The van der Waals surface area contributed by atoms with Crippen molar-refractivity contribution in [2.75, 3.05) is 19.0 Å². The first-order valence-corrected chi connectivity index (χ1v) is 5.86. The van der Waals surface area contributed by atoms with Gasteiger partial charge in [0.05, 0.1) is 0 Å². The molecule has 2 aromatic rings. The van der Waals surface area contributed by atoms with Crippen molar-refractivity contribution in [3.8, 4) is 0 Å². The Balaban J connectivity index is 2.16. The first kappa shape index (κ1) is 12.3. The molecule has 0 atom stereocenters. The standard InChI is InChI=1S/C15H16N2O/c1-17(2)14-7-3-6-13(10-14)15(18)9-12-5-4-8-16-11-12/h3-8,10-11H,9H2,1-2H3. The van der Waals surface area contributed by atoms with E-state index in [0.29, 0.717) is 6.42 Å². The van der Waals surface area contributed by atoms with Crippen LogP contribution in [0, 0.1) is 0 Å². The number of nitrogens with zero attached hydrogens (tertiary/aromatic N) is 2. The second kappa shape index (κ2) is 5.45. The van der Waals surface area contributed by atoms with Crippen molar-refractivity contribution >= 4 is 11.5 Å². The Hall–Kier alpha value is -2.16. The minimum Gasteiger partial charge on any atom is -0.378 e. The molecule has 0 aliphatic carbocycles. The van der Waals surface area contributed by atoms with Gasteiger partial charge in [-0.1, -0.05) is 18.2 Å². The van der Waals surface area contributed by atoms with Gasteiger partial charge in [-0.05, 0) is 23.8 Å². The molecule has 0 radical (unpaired) electrons. The number of carbonyl (C=O) groups is 1. The SMILES string of the molecule is CN(C)c1cccc(C(=O)Cc2cccnc2)c1. The maximum Gasteiger partial charge on any atom is 0.167 e. The van der Waals surface area contributed by atoms with E-state index in [1.54, 1.807) is 12.4 Å². The lowest BCUT2D eigenvalue weighted by Gasteiger charge is -2.13. The molecule has 0 aliphatic rings. The molecule has 0 amide bonds. The van der Waals surface area contributed by atoms with Gasteiger partial charge < -0.3 is 4.90 Å². The monoisotopic (exact) mass is 240 g/mol. The van der Waals surface area contributed by atoms with Crippen molar-refractivity contribution in [1.29, 1.82) is 0 Å². The number of rotatable bonds is 4. The van der Waals surface area contributed by atoms with E-state index in [-0.39, 0.29) is 5.78 Å². The van der Waals surface area contributed by atoms with Crippen LogP contribution in [-0.2, 0) is 6.42 Å². The Labute approximate surface area is 107 Å². The summed E-state index contributed by atoms with van der Waals surface area (Å²) in [5.74, 6) is 0.117. The summed E-state index contributed by atoms with van der Waals surface area (Å²) < 4.78 is 0. The van der Waals surface area contributed by atoms with Crippen LogP contribution in [0.1, 0.15) is 15.9 Å². The zero-order valence-electron chi connectivity index (χ0n) is 10.6. The first-order chi connectivity index (χ1) is 8.66. The zero-order chi connectivity index (χ0) is 13.0. The largest absolute Gasteiger partial charge is 0.378 e. The summed E-state index contributed by atoms with van der Waals surface area (Å²) in [6, 6.07) is 11.4. The number of carbonyl (C=O) groups excluding carboxylic acids is 1. The molecule has 2 rings (SSSR count). The van der Waals surface area contributed by atoms with Crippen LogP contribution in [0.3, 0.4) is 0 Å². The molecular weight excluding hydrogens is 224 g/mol. The minimum atomic E-state index is 0.117. The van der Waals surface area contributed by atoms with Crippen LogP contribution in [0.4, 0.5) is 5.69 Å². The molecule has 0 spiro atoms. The zero-order valence-corrected chi connectivity index (χ0v) is 10.6. The molecule has 1 heterocycles. The van der Waals surface area contributed by atoms with Gasteiger partial charge in [-0.25, -0.2) is 0 Å². The lowest BCUT2D eigenvalue weighted by molar-refractivity contribution is 0.0993. The highest BCUT2D eigenvalue weighted by atomic mass is 16.1. The maximum atomic E-state index is 12.1. The van der Waals surface area contributed by atoms with E-state index in [0.717, 1.165) is 16.8 Å². The van der Waals surface area contributed by atoms with Crippen molar-refractivity contribution in [2.45, 2.75) is 6.42 Å². The molecule has 1 aromatic heterocycles. The Bertz CT molecular complexity index is 535. The number of benzene rings is 1. The molecule has 3 nitrogen and oxygen atoms in total. The lowest BCUT2D eigenvalue weighted by Crippen LogP contribution is -2.10. The van der Waals surface area contributed by atoms with E-state index in [4.69, 9.17) is 0 Å². The number of anilines is 1. The molecule has 0 fully saturated rings. The lowest BCUT2D eigenvalue weighted by atomic mass is 10.0. The molecule has 1 aromatic carbocycles. The Morgan fingerprint density at radius 1 is 1.22 bits per heavy atom. The third kappa shape index (κ3) is 2.94. The van der Waals surface area contributed by atoms with Crippen LogP contribution in [0.2, 0.25) is 0 Å². The predicted molar refractivity (Wildman–Crippen MR) is 73.0 cm³/mol. The molecule has 92 valence electrons. The van der Waals surface area contributed by atoms with Gasteiger partial charge in [0.2, 0.25) is 0 Å². The number of hydrogen-bond donors (Lipinski definition) is 0. The second-order valence-corrected chi connectivity index (χ2v) is 4.41. The van der Waals surface area contributed by atoms with Gasteiger partial charge in [-0.15, -0.1) is 0 Å². The van der Waals surface area contributed by atoms with Gasteiger partial charge in [0, 0.05) is 44.2 Å². The van der Waals surface area contributed by atoms with Crippen LogP contribution >= 0.6 is 0 Å². The summed E-state index contributed by atoms with van der Waals surface area (Å²) in [6.07, 6.45) is 3.83. The molecule has 0 unspecified atom stereocenters. The highest BCUT2D eigenvalue weighted by molar-refractivity contribution is 5.98.